The monoisotopic (exact) mass is 257 g/mol. The highest BCUT2D eigenvalue weighted by Crippen LogP contribution is 2.35. The normalized spacial score (nSPS) is 10.6. The molecule has 0 bridgehead atoms. The first-order chi connectivity index (χ1) is 8.93. The summed E-state index contributed by atoms with van der Waals surface area (Å²) in [6.45, 7) is 7.88. The Morgan fingerprint density at radius 2 is 1.63 bits per heavy atom. The van der Waals surface area contributed by atoms with Crippen LogP contribution in [0.1, 0.15) is 22.6 Å². The zero-order valence-electron chi connectivity index (χ0n) is 12.0. The van der Waals surface area contributed by atoms with Crippen LogP contribution in [-0.4, -0.2) is 17.1 Å². The molecule has 100 valence electrons. The molecule has 2 rings (SSSR count). The van der Waals surface area contributed by atoms with E-state index in [-0.39, 0.29) is 0 Å². The average molecular weight is 257 g/mol. The number of ether oxygens (including phenoxy) is 1. The lowest BCUT2D eigenvalue weighted by Gasteiger charge is -2.14. The van der Waals surface area contributed by atoms with Gasteiger partial charge in [-0.15, -0.1) is 0 Å². The van der Waals surface area contributed by atoms with Crippen LogP contribution in [0.4, 0.5) is 5.69 Å². The van der Waals surface area contributed by atoms with Gasteiger partial charge in [-0.2, -0.15) is 0 Å². The van der Waals surface area contributed by atoms with Crippen LogP contribution in [0.3, 0.4) is 0 Å². The molecule has 2 N–H and O–H groups in total. The fourth-order valence-corrected chi connectivity index (χ4v) is 2.07. The molecule has 1 heterocycles. The van der Waals surface area contributed by atoms with Crippen molar-refractivity contribution in [2.24, 2.45) is 0 Å². The zero-order valence-corrected chi connectivity index (χ0v) is 12.0. The third kappa shape index (κ3) is 2.38. The van der Waals surface area contributed by atoms with Gasteiger partial charge in [0.05, 0.1) is 18.5 Å². The average Bonchev–Trinajstić information content (AvgIpc) is 2.36. The molecule has 1 aromatic carbocycles. The molecule has 19 heavy (non-hydrogen) atoms. The van der Waals surface area contributed by atoms with E-state index in [1.54, 1.807) is 7.11 Å². The summed E-state index contributed by atoms with van der Waals surface area (Å²) >= 11 is 0. The highest BCUT2D eigenvalue weighted by atomic mass is 16.5. The van der Waals surface area contributed by atoms with E-state index >= 15 is 0 Å². The van der Waals surface area contributed by atoms with Crippen LogP contribution in [0.25, 0.3) is 11.3 Å². The van der Waals surface area contributed by atoms with E-state index < -0.39 is 0 Å². The smallest absolute Gasteiger partial charge is 0.128 e. The first-order valence-electron chi connectivity index (χ1n) is 6.20. The summed E-state index contributed by atoms with van der Waals surface area (Å²) in [4.78, 5) is 8.74. The number of hydrogen-bond acceptors (Lipinski definition) is 4. The Labute approximate surface area is 113 Å². The Balaban J connectivity index is 2.75. The molecule has 2 aromatic rings. The zero-order chi connectivity index (χ0) is 14.2. The molecule has 0 aliphatic carbocycles. The minimum Gasteiger partial charge on any atom is -0.496 e. The molecule has 4 nitrogen and oxygen atoms in total. The summed E-state index contributed by atoms with van der Waals surface area (Å²) in [5.41, 5.74) is 11.5. The Kier molecular flexibility index (Phi) is 3.42. The van der Waals surface area contributed by atoms with E-state index in [4.69, 9.17) is 10.5 Å². The third-order valence-electron chi connectivity index (χ3n) is 3.32. The predicted octanol–water partition coefficient (Wildman–Crippen LogP) is 2.97. The van der Waals surface area contributed by atoms with E-state index in [1.807, 2.05) is 19.9 Å². The Morgan fingerprint density at radius 3 is 2.26 bits per heavy atom. The van der Waals surface area contributed by atoms with Crippen LogP contribution >= 0.6 is 0 Å². The van der Waals surface area contributed by atoms with Crippen molar-refractivity contribution in [2.75, 3.05) is 12.8 Å². The number of hydrogen-bond donors (Lipinski definition) is 1. The summed E-state index contributed by atoms with van der Waals surface area (Å²) in [5, 5.41) is 0. The molecule has 1 aromatic heterocycles. The molecule has 0 aliphatic heterocycles. The van der Waals surface area contributed by atoms with E-state index in [0.717, 1.165) is 22.7 Å². The van der Waals surface area contributed by atoms with Gasteiger partial charge in [0.2, 0.25) is 0 Å². The lowest BCUT2D eigenvalue weighted by atomic mass is 10.0. The lowest BCUT2D eigenvalue weighted by molar-refractivity contribution is 0.416. The summed E-state index contributed by atoms with van der Waals surface area (Å²) in [5.74, 6) is 1.49. The third-order valence-corrected chi connectivity index (χ3v) is 3.32. The number of nitrogens with two attached hydrogens (primary N) is 1. The van der Waals surface area contributed by atoms with Crippen LogP contribution in [-0.2, 0) is 0 Å². The number of anilines is 1. The SMILES string of the molecule is COc1cc(C)c(C)cc1-c1nc(C)nc(C)c1N. The minimum absolute atomic E-state index is 0.604. The molecule has 4 heteroatoms. The second-order valence-corrected chi connectivity index (χ2v) is 4.76. The maximum absolute atomic E-state index is 6.11. The highest BCUT2D eigenvalue weighted by Gasteiger charge is 2.15. The fraction of sp³-hybridized carbons (Fsp3) is 0.333. The molecule has 0 saturated carbocycles. The lowest BCUT2D eigenvalue weighted by Crippen LogP contribution is -2.03. The molecular weight excluding hydrogens is 238 g/mol. The van der Waals surface area contributed by atoms with Crippen molar-refractivity contribution in [3.63, 3.8) is 0 Å². The van der Waals surface area contributed by atoms with Crippen molar-refractivity contribution in [2.45, 2.75) is 27.7 Å². The number of aryl methyl sites for hydroxylation is 4. The summed E-state index contributed by atoms with van der Waals surface area (Å²) in [7, 11) is 1.66. The van der Waals surface area contributed by atoms with Crippen LogP contribution in [0.2, 0.25) is 0 Å². The maximum atomic E-state index is 6.11. The van der Waals surface area contributed by atoms with Gasteiger partial charge in [0.1, 0.15) is 17.3 Å². The molecule has 0 fully saturated rings. The van der Waals surface area contributed by atoms with Crippen molar-refractivity contribution < 1.29 is 4.74 Å². The number of rotatable bonds is 2. The highest BCUT2D eigenvalue weighted by molar-refractivity contribution is 5.79. The molecule has 0 spiro atoms. The van der Waals surface area contributed by atoms with Gasteiger partial charge >= 0.3 is 0 Å². The van der Waals surface area contributed by atoms with Gasteiger partial charge < -0.3 is 10.5 Å². The second kappa shape index (κ2) is 4.88. The predicted molar refractivity (Wildman–Crippen MR) is 77.4 cm³/mol. The molecular formula is C15H19N3O. The van der Waals surface area contributed by atoms with Crippen LogP contribution in [0.5, 0.6) is 5.75 Å². The van der Waals surface area contributed by atoms with Crippen LogP contribution in [0.15, 0.2) is 12.1 Å². The largest absolute Gasteiger partial charge is 0.496 e. The number of nitrogens with zero attached hydrogens (tertiary/aromatic N) is 2. The molecule has 0 atom stereocenters. The van der Waals surface area contributed by atoms with Crippen molar-refractivity contribution in [1.82, 2.24) is 9.97 Å². The quantitative estimate of drug-likeness (QED) is 0.898. The summed E-state index contributed by atoms with van der Waals surface area (Å²) < 4.78 is 5.45. The first-order valence-corrected chi connectivity index (χ1v) is 6.20. The maximum Gasteiger partial charge on any atom is 0.128 e. The van der Waals surface area contributed by atoms with Crippen molar-refractivity contribution in [3.05, 3.63) is 34.8 Å². The van der Waals surface area contributed by atoms with Gasteiger partial charge in [0.25, 0.3) is 0 Å². The molecule has 0 unspecified atom stereocenters. The number of benzene rings is 1. The van der Waals surface area contributed by atoms with E-state index in [9.17, 15) is 0 Å². The number of methoxy groups -OCH3 is 1. The second-order valence-electron chi connectivity index (χ2n) is 4.76. The van der Waals surface area contributed by atoms with E-state index in [1.165, 1.54) is 11.1 Å². The van der Waals surface area contributed by atoms with Crippen molar-refractivity contribution >= 4 is 5.69 Å². The molecule has 0 amide bonds. The molecule has 0 saturated heterocycles. The van der Waals surface area contributed by atoms with Gasteiger partial charge in [-0.25, -0.2) is 9.97 Å². The summed E-state index contributed by atoms with van der Waals surface area (Å²) in [6.07, 6.45) is 0. The van der Waals surface area contributed by atoms with Gasteiger partial charge in [-0.05, 0) is 51.0 Å². The van der Waals surface area contributed by atoms with E-state index in [2.05, 4.69) is 29.9 Å². The Morgan fingerprint density at radius 1 is 1.00 bits per heavy atom. The standard InChI is InChI=1S/C15H19N3O/c1-8-6-12(13(19-5)7-9(8)2)15-14(16)10(3)17-11(4)18-15/h6-7H,16H2,1-5H3. The number of nitrogen functional groups attached to an aromatic ring is 1. The van der Waals surface area contributed by atoms with Gasteiger partial charge in [0, 0.05) is 5.56 Å². The Hall–Kier alpha value is -2.10. The first kappa shape index (κ1) is 13.3. The van der Waals surface area contributed by atoms with Gasteiger partial charge in [0.15, 0.2) is 0 Å². The molecule has 0 aliphatic rings. The number of aromatic nitrogens is 2. The van der Waals surface area contributed by atoms with E-state index in [0.29, 0.717) is 11.5 Å². The van der Waals surface area contributed by atoms with Crippen molar-refractivity contribution in [3.8, 4) is 17.0 Å². The molecule has 0 radical (unpaired) electrons. The Bertz CT molecular complexity index is 636. The topological polar surface area (TPSA) is 61.0 Å². The van der Waals surface area contributed by atoms with Crippen LogP contribution in [0, 0.1) is 27.7 Å². The van der Waals surface area contributed by atoms with Gasteiger partial charge in [-0.3, -0.25) is 0 Å². The van der Waals surface area contributed by atoms with Crippen LogP contribution < -0.4 is 10.5 Å². The van der Waals surface area contributed by atoms with Gasteiger partial charge in [-0.1, -0.05) is 0 Å². The minimum atomic E-state index is 0.604. The van der Waals surface area contributed by atoms with Crippen molar-refractivity contribution in [1.29, 1.82) is 0 Å². The summed E-state index contributed by atoms with van der Waals surface area (Å²) in [6, 6.07) is 4.07. The fourth-order valence-electron chi connectivity index (χ4n) is 2.07.